The normalized spacial score (nSPS) is 15.6. The summed E-state index contributed by atoms with van der Waals surface area (Å²) in [6.07, 6.45) is 9.06. The third-order valence-electron chi connectivity index (χ3n) is 3.66. The largest absolute Gasteiger partial charge is 0.390 e. The van der Waals surface area contributed by atoms with Gasteiger partial charge in [-0.3, -0.25) is 0 Å². The molecule has 0 bridgehead atoms. The van der Waals surface area contributed by atoms with Crippen molar-refractivity contribution in [2.45, 2.75) is 49.5 Å². The van der Waals surface area contributed by atoms with Crippen LogP contribution in [0.15, 0.2) is 12.2 Å². The van der Waals surface area contributed by atoms with Crippen LogP contribution in [-0.2, 0) is 0 Å². The van der Waals surface area contributed by atoms with Crippen LogP contribution in [0.2, 0.25) is 0 Å². The Morgan fingerprint density at radius 3 is 1.95 bits per heavy atom. The van der Waals surface area contributed by atoms with Crippen molar-refractivity contribution in [1.82, 2.24) is 0 Å². The summed E-state index contributed by atoms with van der Waals surface area (Å²) in [6, 6.07) is 0. The monoisotopic (exact) mass is 322 g/mol. The minimum absolute atomic E-state index is 0.122. The van der Waals surface area contributed by atoms with Crippen molar-refractivity contribution in [3.63, 3.8) is 0 Å². The lowest BCUT2D eigenvalue weighted by atomic mass is 9.92. The highest BCUT2D eigenvalue weighted by Gasteiger charge is 2.36. The molecular weight excluding hydrogens is 292 g/mol. The van der Waals surface area contributed by atoms with Crippen molar-refractivity contribution in [3.8, 4) is 0 Å². The van der Waals surface area contributed by atoms with Crippen LogP contribution in [0.5, 0.6) is 0 Å². The Kier molecular flexibility index (Phi) is 10.0. The zero-order valence-corrected chi connectivity index (χ0v) is 15.7. The summed E-state index contributed by atoms with van der Waals surface area (Å²) in [5, 5.41) is 10.5. The summed E-state index contributed by atoms with van der Waals surface area (Å²) in [5.74, 6) is 1.11. The maximum Gasteiger partial charge on any atom is 0.132 e. The summed E-state index contributed by atoms with van der Waals surface area (Å²) in [7, 11) is 0. The molecule has 0 aliphatic heterocycles. The Morgan fingerprint density at radius 2 is 1.58 bits per heavy atom. The molecule has 0 aromatic carbocycles. The SMILES string of the molecule is C=C(CC[C@@H](C)CC(O)C(SC)(SC)SC)C(C)C. The van der Waals surface area contributed by atoms with Crippen LogP contribution in [0.25, 0.3) is 0 Å². The van der Waals surface area contributed by atoms with E-state index < -0.39 is 0 Å². The van der Waals surface area contributed by atoms with E-state index in [1.807, 2.05) is 0 Å². The van der Waals surface area contributed by atoms with E-state index in [0.29, 0.717) is 11.8 Å². The molecule has 0 rings (SSSR count). The second kappa shape index (κ2) is 9.64. The number of hydrogen-bond donors (Lipinski definition) is 1. The first-order valence-electron chi connectivity index (χ1n) is 6.84. The lowest BCUT2D eigenvalue weighted by Gasteiger charge is -2.34. The Hall–Kier alpha value is 0.750. The van der Waals surface area contributed by atoms with Crippen molar-refractivity contribution in [1.29, 1.82) is 0 Å². The van der Waals surface area contributed by atoms with Crippen LogP contribution in [-0.4, -0.2) is 33.4 Å². The van der Waals surface area contributed by atoms with Gasteiger partial charge in [-0.1, -0.05) is 32.9 Å². The van der Waals surface area contributed by atoms with Gasteiger partial charge in [-0.25, -0.2) is 0 Å². The van der Waals surface area contributed by atoms with Crippen LogP contribution in [0, 0.1) is 11.8 Å². The third-order valence-corrected chi connectivity index (χ3v) is 9.19. The summed E-state index contributed by atoms with van der Waals surface area (Å²) in [4.78, 5) is 0. The van der Waals surface area contributed by atoms with Gasteiger partial charge in [0.05, 0.1) is 6.10 Å². The van der Waals surface area contributed by atoms with Gasteiger partial charge in [0.2, 0.25) is 0 Å². The van der Waals surface area contributed by atoms with E-state index in [9.17, 15) is 5.11 Å². The fourth-order valence-corrected chi connectivity index (χ4v) is 5.13. The molecule has 4 heteroatoms. The Labute approximate surface area is 132 Å². The molecule has 1 nitrogen and oxygen atoms in total. The zero-order chi connectivity index (χ0) is 15.1. The quantitative estimate of drug-likeness (QED) is 0.445. The molecule has 0 aliphatic carbocycles. The first-order valence-corrected chi connectivity index (χ1v) is 10.5. The lowest BCUT2D eigenvalue weighted by Crippen LogP contribution is -2.33. The van der Waals surface area contributed by atoms with Crippen LogP contribution >= 0.6 is 35.3 Å². The number of aliphatic hydroxyl groups is 1. The standard InChI is InChI=1S/C15H30OS3/c1-11(2)13(4)9-8-12(3)10-14(16)15(17-5,18-6)19-7/h11-12,14,16H,4,8-10H2,1-3,5-7H3/t12-,14?/m1/s1. The molecule has 0 saturated heterocycles. The number of thioether (sulfide) groups is 3. The molecule has 0 aromatic heterocycles. The molecule has 0 spiro atoms. The van der Waals surface area contributed by atoms with Gasteiger partial charge in [0.15, 0.2) is 0 Å². The summed E-state index contributed by atoms with van der Waals surface area (Å²) in [6.45, 7) is 10.8. The van der Waals surface area contributed by atoms with Gasteiger partial charge < -0.3 is 5.11 Å². The van der Waals surface area contributed by atoms with E-state index in [1.165, 1.54) is 5.57 Å². The molecule has 0 fully saturated rings. The van der Waals surface area contributed by atoms with Gasteiger partial charge in [0.25, 0.3) is 0 Å². The average molecular weight is 323 g/mol. The number of allylic oxidation sites excluding steroid dienone is 1. The second-order valence-electron chi connectivity index (χ2n) is 5.42. The number of hydrogen-bond acceptors (Lipinski definition) is 4. The van der Waals surface area contributed by atoms with Crippen LogP contribution < -0.4 is 0 Å². The Bertz CT molecular complexity index is 254. The predicted octanol–water partition coefficient (Wildman–Crippen LogP) is 5.11. The highest BCUT2D eigenvalue weighted by molar-refractivity contribution is 8.33. The minimum Gasteiger partial charge on any atom is -0.390 e. The van der Waals surface area contributed by atoms with Crippen LogP contribution in [0.4, 0.5) is 0 Å². The molecule has 2 atom stereocenters. The van der Waals surface area contributed by atoms with Crippen LogP contribution in [0.3, 0.4) is 0 Å². The van der Waals surface area contributed by atoms with E-state index in [1.54, 1.807) is 35.3 Å². The van der Waals surface area contributed by atoms with E-state index in [2.05, 4.69) is 46.1 Å². The fourth-order valence-electron chi connectivity index (χ4n) is 2.02. The van der Waals surface area contributed by atoms with Gasteiger partial charge in [0.1, 0.15) is 3.41 Å². The van der Waals surface area contributed by atoms with E-state index in [0.717, 1.165) is 19.3 Å². The summed E-state index contributed by atoms with van der Waals surface area (Å²) >= 11 is 5.27. The summed E-state index contributed by atoms with van der Waals surface area (Å²) < 4.78 is -0.122. The highest BCUT2D eigenvalue weighted by atomic mass is 32.3. The lowest BCUT2D eigenvalue weighted by molar-refractivity contribution is 0.152. The molecule has 0 aliphatic rings. The molecule has 0 amide bonds. The van der Waals surface area contributed by atoms with Crippen molar-refractivity contribution >= 4 is 35.3 Å². The van der Waals surface area contributed by atoms with Crippen LogP contribution in [0.1, 0.15) is 40.0 Å². The molecular formula is C15H30OS3. The van der Waals surface area contributed by atoms with E-state index in [4.69, 9.17) is 0 Å². The van der Waals surface area contributed by atoms with Crippen molar-refractivity contribution in [3.05, 3.63) is 12.2 Å². The first-order chi connectivity index (χ1) is 8.82. The maximum atomic E-state index is 10.5. The topological polar surface area (TPSA) is 20.2 Å². The van der Waals surface area contributed by atoms with E-state index in [-0.39, 0.29) is 9.52 Å². The third kappa shape index (κ3) is 6.36. The number of aliphatic hydroxyl groups excluding tert-OH is 1. The summed E-state index contributed by atoms with van der Waals surface area (Å²) in [5.41, 5.74) is 1.33. The highest BCUT2D eigenvalue weighted by Crippen LogP contribution is 2.47. The molecule has 0 aromatic rings. The zero-order valence-electron chi connectivity index (χ0n) is 13.2. The van der Waals surface area contributed by atoms with Gasteiger partial charge >= 0.3 is 0 Å². The molecule has 0 radical (unpaired) electrons. The second-order valence-corrected chi connectivity index (χ2v) is 9.36. The molecule has 0 saturated carbocycles. The van der Waals surface area contributed by atoms with E-state index >= 15 is 0 Å². The predicted molar refractivity (Wildman–Crippen MR) is 96.3 cm³/mol. The minimum atomic E-state index is -0.269. The van der Waals surface area contributed by atoms with Crippen molar-refractivity contribution in [2.75, 3.05) is 18.8 Å². The molecule has 0 heterocycles. The van der Waals surface area contributed by atoms with Crippen molar-refractivity contribution in [2.24, 2.45) is 11.8 Å². The fraction of sp³-hybridized carbons (Fsp3) is 0.867. The molecule has 19 heavy (non-hydrogen) atoms. The molecule has 1 N–H and O–H groups in total. The Balaban J connectivity index is 4.31. The average Bonchev–Trinajstić information content (AvgIpc) is 2.38. The van der Waals surface area contributed by atoms with Gasteiger partial charge in [-0.05, 0) is 49.9 Å². The molecule has 114 valence electrons. The Morgan fingerprint density at radius 1 is 1.11 bits per heavy atom. The van der Waals surface area contributed by atoms with Crippen molar-refractivity contribution < 1.29 is 5.11 Å². The van der Waals surface area contributed by atoms with Gasteiger partial charge in [0, 0.05) is 0 Å². The first kappa shape index (κ1) is 19.8. The maximum absolute atomic E-state index is 10.5. The molecule has 1 unspecified atom stereocenters. The number of rotatable bonds is 10. The van der Waals surface area contributed by atoms with Gasteiger partial charge in [-0.15, -0.1) is 35.3 Å². The smallest absolute Gasteiger partial charge is 0.132 e. The van der Waals surface area contributed by atoms with Gasteiger partial charge in [-0.2, -0.15) is 0 Å².